The summed E-state index contributed by atoms with van der Waals surface area (Å²) in [4.78, 5) is 5.01. The van der Waals surface area contributed by atoms with E-state index in [1.807, 2.05) is 6.07 Å². The summed E-state index contributed by atoms with van der Waals surface area (Å²) in [5.41, 5.74) is 1.48. The summed E-state index contributed by atoms with van der Waals surface area (Å²) in [5.74, 6) is 1.64. The first kappa shape index (κ1) is 20.0. The summed E-state index contributed by atoms with van der Waals surface area (Å²) >= 11 is 0. The molecule has 0 bridgehead atoms. The van der Waals surface area contributed by atoms with Gasteiger partial charge in [-0.05, 0) is 29.5 Å². The van der Waals surface area contributed by atoms with E-state index in [4.69, 9.17) is 9.47 Å². The number of ether oxygens (including phenoxy) is 2. The van der Waals surface area contributed by atoms with Gasteiger partial charge < -0.3 is 14.6 Å². The van der Waals surface area contributed by atoms with Crippen LogP contribution in [0.15, 0.2) is 18.2 Å². The second kappa shape index (κ2) is 8.88. The van der Waals surface area contributed by atoms with Crippen LogP contribution in [0.5, 0.6) is 11.5 Å². The van der Waals surface area contributed by atoms with E-state index < -0.39 is 0 Å². The Labute approximate surface area is 152 Å². The van der Waals surface area contributed by atoms with Crippen LogP contribution in [-0.4, -0.2) is 68.0 Å². The topological polar surface area (TPSA) is 45.2 Å². The number of aliphatic hydroxyl groups excluding tert-OH is 1. The van der Waals surface area contributed by atoms with Gasteiger partial charge >= 0.3 is 0 Å². The zero-order valence-corrected chi connectivity index (χ0v) is 16.4. The van der Waals surface area contributed by atoms with Gasteiger partial charge in [-0.2, -0.15) is 0 Å². The lowest BCUT2D eigenvalue weighted by Gasteiger charge is -2.43. The highest BCUT2D eigenvalue weighted by molar-refractivity contribution is 5.38. The van der Waals surface area contributed by atoms with Crippen molar-refractivity contribution in [1.29, 1.82) is 0 Å². The molecule has 1 aliphatic rings. The van der Waals surface area contributed by atoms with Gasteiger partial charge in [-0.1, -0.05) is 20.8 Å². The SMILES string of the molecule is COc1cc(CN2CCN(CC(C)(C)C)C[C@H]2CCO)cc(OC)c1. The van der Waals surface area contributed by atoms with Crippen LogP contribution in [0, 0.1) is 5.41 Å². The molecule has 25 heavy (non-hydrogen) atoms. The first-order chi connectivity index (χ1) is 11.8. The molecule has 5 heteroatoms. The van der Waals surface area contributed by atoms with Gasteiger partial charge in [-0.25, -0.2) is 0 Å². The number of hydrogen-bond donors (Lipinski definition) is 1. The minimum atomic E-state index is 0.228. The van der Waals surface area contributed by atoms with Crippen LogP contribution < -0.4 is 9.47 Å². The first-order valence-corrected chi connectivity index (χ1v) is 9.14. The van der Waals surface area contributed by atoms with Crippen LogP contribution in [0.3, 0.4) is 0 Å². The molecule has 0 amide bonds. The number of nitrogens with zero attached hydrogens (tertiary/aromatic N) is 2. The van der Waals surface area contributed by atoms with Gasteiger partial charge in [0.05, 0.1) is 14.2 Å². The highest BCUT2D eigenvalue weighted by atomic mass is 16.5. The summed E-state index contributed by atoms with van der Waals surface area (Å²) in [7, 11) is 3.36. The predicted molar refractivity (Wildman–Crippen MR) is 101 cm³/mol. The smallest absolute Gasteiger partial charge is 0.122 e. The Hall–Kier alpha value is -1.30. The Bertz CT molecular complexity index is 520. The molecular formula is C20H34N2O3. The molecule has 0 unspecified atom stereocenters. The second-order valence-corrected chi connectivity index (χ2v) is 8.15. The van der Waals surface area contributed by atoms with Crippen molar-refractivity contribution < 1.29 is 14.6 Å². The molecule has 5 nitrogen and oxygen atoms in total. The molecule has 2 rings (SSSR count). The van der Waals surface area contributed by atoms with E-state index in [1.54, 1.807) is 14.2 Å². The molecule has 1 N–H and O–H groups in total. The normalized spacial score (nSPS) is 19.8. The average Bonchev–Trinajstić information content (AvgIpc) is 2.55. The fraction of sp³-hybridized carbons (Fsp3) is 0.700. The zero-order chi connectivity index (χ0) is 18.4. The summed E-state index contributed by atoms with van der Waals surface area (Å²) in [5, 5.41) is 9.50. The molecule has 1 aromatic carbocycles. The van der Waals surface area contributed by atoms with Crippen LogP contribution in [0.2, 0.25) is 0 Å². The van der Waals surface area contributed by atoms with E-state index in [2.05, 4.69) is 42.7 Å². The molecular weight excluding hydrogens is 316 g/mol. The van der Waals surface area contributed by atoms with E-state index in [0.29, 0.717) is 11.5 Å². The summed E-state index contributed by atoms with van der Waals surface area (Å²) < 4.78 is 10.8. The van der Waals surface area contributed by atoms with Gasteiger partial charge in [0.25, 0.3) is 0 Å². The number of benzene rings is 1. The van der Waals surface area contributed by atoms with Crippen LogP contribution in [0.25, 0.3) is 0 Å². The fourth-order valence-corrected chi connectivity index (χ4v) is 3.59. The molecule has 1 aromatic rings. The summed E-state index contributed by atoms with van der Waals surface area (Å²) in [6, 6.07) is 6.41. The Morgan fingerprint density at radius 1 is 1.08 bits per heavy atom. The third kappa shape index (κ3) is 6.17. The first-order valence-electron chi connectivity index (χ1n) is 9.14. The highest BCUT2D eigenvalue weighted by Gasteiger charge is 2.28. The third-order valence-corrected chi connectivity index (χ3v) is 4.65. The van der Waals surface area contributed by atoms with Crippen molar-refractivity contribution in [3.8, 4) is 11.5 Å². The number of methoxy groups -OCH3 is 2. The lowest BCUT2D eigenvalue weighted by Crippen LogP contribution is -2.54. The quantitative estimate of drug-likeness (QED) is 0.819. The van der Waals surface area contributed by atoms with E-state index >= 15 is 0 Å². The molecule has 0 saturated carbocycles. The van der Waals surface area contributed by atoms with E-state index in [9.17, 15) is 5.11 Å². The third-order valence-electron chi connectivity index (χ3n) is 4.65. The van der Waals surface area contributed by atoms with Crippen molar-refractivity contribution in [1.82, 2.24) is 9.80 Å². The van der Waals surface area contributed by atoms with Crippen LogP contribution >= 0.6 is 0 Å². The minimum Gasteiger partial charge on any atom is -0.497 e. The van der Waals surface area contributed by atoms with E-state index in [1.165, 1.54) is 5.56 Å². The molecule has 1 fully saturated rings. The van der Waals surface area contributed by atoms with Gasteiger partial charge in [0.2, 0.25) is 0 Å². The van der Waals surface area contributed by atoms with Gasteiger partial charge in [0.15, 0.2) is 0 Å². The Morgan fingerprint density at radius 3 is 2.24 bits per heavy atom. The van der Waals surface area contributed by atoms with Crippen LogP contribution in [0.1, 0.15) is 32.8 Å². The summed E-state index contributed by atoms with van der Waals surface area (Å²) in [6.45, 7) is 12.1. The number of hydrogen-bond acceptors (Lipinski definition) is 5. The maximum atomic E-state index is 9.50. The van der Waals surface area contributed by atoms with Gasteiger partial charge in [0, 0.05) is 51.4 Å². The number of piperazine rings is 1. The molecule has 0 radical (unpaired) electrons. The van der Waals surface area contributed by atoms with Gasteiger partial charge in [-0.3, -0.25) is 9.80 Å². The zero-order valence-electron chi connectivity index (χ0n) is 16.4. The molecule has 1 heterocycles. The van der Waals surface area contributed by atoms with Crippen molar-refractivity contribution >= 4 is 0 Å². The summed E-state index contributed by atoms with van der Waals surface area (Å²) in [6.07, 6.45) is 0.807. The average molecular weight is 351 g/mol. The maximum absolute atomic E-state index is 9.50. The van der Waals surface area contributed by atoms with Gasteiger partial charge in [-0.15, -0.1) is 0 Å². The molecule has 1 atom stereocenters. The second-order valence-electron chi connectivity index (χ2n) is 8.15. The molecule has 1 saturated heterocycles. The Kier molecular flexibility index (Phi) is 7.11. The highest BCUT2D eigenvalue weighted by Crippen LogP contribution is 2.26. The lowest BCUT2D eigenvalue weighted by atomic mass is 9.95. The Balaban J connectivity index is 2.08. The van der Waals surface area contributed by atoms with Crippen LogP contribution in [-0.2, 0) is 6.54 Å². The van der Waals surface area contributed by atoms with E-state index in [-0.39, 0.29) is 6.61 Å². The van der Waals surface area contributed by atoms with Crippen molar-refractivity contribution in [2.24, 2.45) is 5.41 Å². The largest absolute Gasteiger partial charge is 0.497 e. The van der Waals surface area contributed by atoms with E-state index in [0.717, 1.165) is 50.6 Å². The molecule has 0 spiro atoms. The van der Waals surface area contributed by atoms with Crippen molar-refractivity contribution in [3.05, 3.63) is 23.8 Å². The Morgan fingerprint density at radius 2 is 1.72 bits per heavy atom. The predicted octanol–water partition coefficient (Wildman–Crippen LogP) is 2.62. The fourth-order valence-electron chi connectivity index (χ4n) is 3.59. The standard InChI is InChI=1S/C20H34N2O3/c1-20(2,3)15-21-7-8-22(17(14-21)6-9-23)13-16-10-18(24-4)12-19(11-16)25-5/h10-12,17,23H,6-9,13-15H2,1-5H3/t17-/m1/s1. The molecule has 142 valence electrons. The van der Waals surface area contributed by atoms with Crippen molar-refractivity contribution in [2.75, 3.05) is 47.0 Å². The molecule has 1 aliphatic heterocycles. The van der Waals surface area contributed by atoms with Crippen molar-refractivity contribution in [2.45, 2.75) is 39.8 Å². The van der Waals surface area contributed by atoms with Crippen LogP contribution in [0.4, 0.5) is 0 Å². The molecule has 0 aromatic heterocycles. The van der Waals surface area contributed by atoms with Crippen molar-refractivity contribution in [3.63, 3.8) is 0 Å². The molecule has 0 aliphatic carbocycles. The minimum absolute atomic E-state index is 0.228. The number of aliphatic hydroxyl groups is 1. The van der Waals surface area contributed by atoms with Gasteiger partial charge in [0.1, 0.15) is 11.5 Å². The monoisotopic (exact) mass is 350 g/mol. The maximum Gasteiger partial charge on any atom is 0.122 e. The lowest BCUT2D eigenvalue weighted by molar-refractivity contribution is 0.0381. The number of rotatable bonds is 7.